The molecule has 0 saturated heterocycles. The van der Waals surface area contributed by atoms with Gasteiger partial charge in [0.25, 0.3) is 0 Å². The van der Waals surface area contributed by atoms with E-state index >= 15 is 0 Å². The van der Waals surface area contributed by atoms with Crippen LogP contribution in [0.25, 0.3) is 11.0 Å². The molecule has 2 aromatic heterocycles. The molecule has 13 heavy (non-hydrogen) atoms. The van der Waals surface area contributed by atoms with Crippen molar-refractivity contribution in [3.8, 4) is 0 Å². The molecule has 2 heteroatoms. The molecule has 0 fully saturated rings. The molecule has 0 unspecified atom stereocenters. The van der Waals surface area contributed by atoms with Gasteiger partial charge in [-0.05, 0) is 30.5 Å². The van der Waals surface area contributed by atoms with Crippen LogP contribution in [0.2, 0.25) is 0 Å². The summed E-state index contributed by atoms with van der Waals surface area (Å²) in [7, 11) is 2.03. The largest absolute Gasteiger partial charge is 0.336 e. The van der Waals surface area contributed by atoms with E-state index in [1.807, 2.05) is 13.2 Å². The average molecular weight is 174 g/mol. The van der Waals surface area contributed by atoms with Gasteiger partial charge in [-0.1, -0.05) is 6.92 Å². The molecule has 2 heterocycles. The van der Waals surface area contributed by atoms with Crippen LogP contribution >= 0.6 is 0 Å². The Morgan fingerprint density at radius 2 is 2.23 bits per heavy atom. The third-order valence-corrected chi connectivity index (χ3v) is 2.57. The van der Waals surface area contributed by atoms with E-state index in [4.69, 9.17) is 0 Å². The first-order chi connectivity index (χ1) is 6.24. The van der Waals surface area contributed by atoms with Gasteiger partial charge in [0.15, 0.2) is 0 Å². The zero-order valence-corrected chi connectivity index (χ0v) is 8.33. The molecular formula is C11H14N2. The Hall–Kier alpha value is -1.31. The highest BCUT2D eigenvalue weighted by Crippen LogP contribution is 2.20. The van der Waals surface area contributed by atoms with Gasteiger partial charge in [-0.3, -0.25) is 0 Å². The van der Waals surface area contributed by atoms with E-state index < -0.39 is 0 Å². The van der Waals surface area contributed by atoms with Crippen molar-refractivity contribution in [1.82, 2.24) is 9.55 Å². The van der Waals surface area contributed by atoms with Crippen molar-refractivity contribution in [2.45, 2.75) is 20.3 Å². The summed E-state index contributed by atoms with van der Waals surface area (Å²) in [4.78, 5) is 4.41. The van der Waals surface area contributed by atoms with Crippen LogP contribution in [-0.4, -0.2) is 9.55 Å². The highest BCUT2D eigenvalue weighted by atomic mass is 15.0. The highest BCUT2D eigenvalue weighted by Gasteiger charge is 2.05. The molecule has 0 bridgehead atoms. The van der Waals surface area contributed by atoms with E-state index in [2.05, 4.69) is 35.7 Å². The van der Waals surface area contributed by atoms with Crippen LogP contribution in [-0.2, 0) is 13.5 Å². The van der Waals surface area contributed by atoms with Gasteiger partial charge in [0.2, 0.25) is 0 Å². The van der Waals surface area contributed by atoms with Gasteiger partial charge in [-0.25, -0.2) is 4.98 Å². The summed E-state index contributed by atoms with van der Waals surface area (Å²) in [6, 6.07) is 2.15. The summed E-state index contributed by atoms with van der Waals surface area (Å²) in [5.74, 6) is 0. The number of pyridine rings is 1. The molecule has 0 atom stereocenters. The maximum atomic E-state index is 4.41. The highest BCUT2D eigenvalue weighted by molar-refractivity contribution is 5.81. The topological polar surface area (TPSA) is 17.8 Å². The number of aromatic nitrogens is 2. The molecule has 0 aliphatic carbocycles. The molecule has 2 nitrogen and oxygen atoms in total. The second-order valence-electron chi connectivity index (χ2n) is 3.44. The van der Waals surface area contributed by atoms with Gasteiger partial charge in [-0.15, -0.1) is 0 Å². The first-order valence-corrected chi connectivity index (χ1v) is 4.63. The minimum atomic E-state index is 1.08. The van der Waals surface area contributed by atoms with Crippen LogP contribution in [0.15, 0.2) is 18.5 Å². The number of aryl methyl sites for hydroxylation is 3. The maximum Gasteiger partial charge on any atom is 0.139 e. The standard InChI is InChI=1S/C11H14N2/c1-4-9-8(2)7-12-11-10(9)5-6-13(11)3/h5-7H,4H2,1-3H3. The van der Waals surface area contributed by atoms with Crippen LogP contribution in [0.5, 0.6) is 0 Å². The van der Waals surface area contributed by atoms with E-state index in [0.29, 0.717) is 0 Å². The number of fused-ring (bicyclic) bond motifs is 1. The number of nitrogens with zero attached hydrogens (tertiary/aromatic N) is 2. The van der Waals surface area contributed by atoms with Gasteiger partial charge in [-0.2, -0.15) is 0 Å². The van der Waals surface area contributed by atoms with Crippen LogP contribution < -0.4 is 0 Å². The number of hydrogen-bond acceptors (Lipinski definition) is 1. The van der Waals surface area contributed by atoms with Crippen molar-refractivity contribution in [2.75, 3.05) is 0 Å². The zero-order valence-electron chi connectivity index (χ0n) is 8.33. The Morgan fingerprint density at radius 3 is 2.92 bits per heavy atom. The van der Waals surface area contributed by atoms with E-state index in [1.54, 1.807) is 0 Å². The Morgan fingerprint density at radius 1 is 1.46 bits per heavy atom. The lowest BCUT2D eigenvalue weighted by Crippen LogP contribution is -1.93. The first-order valence-electron chi connectivity index (χ1n) is 4.63. The van der Waals surface area contributed by atoms with Gasteiger partial charge in [0, 0.05) is 24.8 Å². The molecule has 0 amide bonds. The van der Waals surface area contributed by atoms with Crippen LogP contribution in [0, 0.1) is 6.92 Å². The van der Waals surface area contributed by atoms with E-state index in [1.165, 1.54) is 16.5 Å². The molecule has 0 radical (unpaired) electrons. The van der Waals surface area contributed by atoms with Crippen molar-refractivity contribution in [2.24, 2.45) is 7.05 Å². The summed E-state index contributed by atoms with van der Waals surface area (Å²) in [6.07, 6.45) is 5.10. The number of rotatable bonds is 1. The summed E-state index contributed by atoms with van der Waals surface area (Å²) in [6.45, 7) is 4.31. The summed E-state index contributed by atoms with van der Waals surface area (Å²) >= 11 is 0. The lowest BCUT2D eigenvalue weighted by atomic mass is 10.1. The Labute approximate surface area is 78.2 Å². The second kappa shape index (κ2) is 2.87. The predicted octanol–water partition coefficient (Wildman–Crippen LogP) is 2.44. The fourth-order valence-electron chi connectivity index (χ4n) is 1.84. The minimum Gasteiger partial charge on any atom is -0.336 e. The van der Waals surface area contributed by atoms with Crippen molar-refractivity contribution in [1.29, 1.82) is 0 Å². The fraction of sp³-hybridized carbons (Fsp3) is 0.364. The molecule has 0 spiro atoms. The molecule has 0 aliphatic rings. The third kappa shape index (κ3) is 1.13. The van der Waals surface area contributed by atoms with Gasteiger partial charge in [0.1, 0.15) is 5.65 Å². The molecular weight excluding hydrogens is 160 g/mol. The van der Waals surface area contributed by atoms with E-state index in [9.17, 15) is 0 Å². The molecule has 0 aliphatic heterocycles. The Bertz CT molecular complexity index is 441. The molecule has 2 aromatic rings. The summed E-state index contributed by atoms with van der Waals surface area (Å²) < 4.78 is 2.06. The Kier molecular flexibility index (Phi) is 1.83. The lowest BCUT2D eigenvalue weighted by Gasteiger charge is -2.04. The second-order valence-corrected chi connectivity index (χ2v) is 3.44. The normalized spacial score (nSPS) is 11.0. The van der Waals surface area contributed by atoms with Gasteiger partial charge >= 0.3 is 0 Å². The fourth-order valence-corrected chi connectivity index (χ4v) is 1.84. The molecule has 0 N–H and O–H groups in total. The number of hydrogen-bond donors (Lipinski definition) is 0. The summed E-state index contributed by atoms with van der Waals surface area (Å²) in [5, 5.41) is 1.30. The van der Waals surface area contributed by atoms with Gasteiger partial charge in [0.05, 0.1) is 0 Å². The van der Waals surface area contributed by atoms with Crippen molar-refractivity contribution < 1.29 is 0 Å². The molecule has 68 valence electrons. The maximum absolute atomic E-state index is 4.41. The average Bonchev–Trinajstić information content (AvgIpc) is 2.48. The SMILES string of the molecule is CCc1c(C)cnc2c1ccn2C. The molecule has 0 saturated carbocycles. The van der Waals surface area contributed by atoms with Gasteiger partial charge < -0.3 is 4.57 Å². The third-order valence-electron chi connectivity index (χ3n) is 2.57. The van der Waals surface area contributed by atoms with E-state index in [0.717, 1.165) is 12.1 Å². The van der Waals surface area contributed by atoms with Crippen molar-refractivity contribution >= 4 is 11.0 Å². The monoisotopic (exact) mass is 174 g/mol. The lowest BCUT2D eigenvalue weighted by molar-refractivity contribution is 0.945. The first kappa shape index (κ1) is 8.30. The molecule has 0 aromatic carbocycles. The quantitative estimate of drug-likeness (QED) is 0.649. The van der Waals surface area contributed by atoms with Crippen LogP contribution in [0.1, 0.15) is 18.1 Å². The van der Waals surface area contributed by atoms with Crippen molar-refractivity contribution in [3.05, 3.63) is 29.6 Å². The smallest absolute Gasteiger partial charge is 0.139 e. The van der Waals surface area contributed by atoms with Crippen LogP contribution in [0.3, 0.4) is 0 Å². The van der Waals surface area contributed by atoms with Crippen molar-refractivity contribution in [3.63, 3.8) is 0 Å². The van der Waals surface area contributed by atoms with E-state index in [-0.39, 0.29) is 0 Å². The zero-order chi connectivity index (χ0) is 9.42. The Balaban J connectivity index is 2.85. The predicted molar refractivity (Wildman–Crippen MR) is 54.8 cm³/mol. The minimum absolute atomic E-state index is 1.08. The van der Waals surface area contributed by atoms with Crippen LogP contribution in [0.4, 0.5) is 0 Å². The molecule has 2 rings (SSSR count). The summed E-state index contributed by atoms with van der Waals surface area (Å²) in [5.41, 5.74) is 3.80.